The zero-order chi connectivity index (χ0) is 23.5. The first kappa shape index (κ1) is 25.8. The molecule has 10 heteroatoms. The van der Waals surface area contributed by atoms with Crippen LogP contribution in [0.5, 0.6) is 0 Å². The van der Waals surface area contributed by atoms with Crippen LogP contribution in [0.25, 0.3) is 12.2 Å². The molecule has 0 aliphatic carbocycles. The van der Waals surface area contributed by atoms with Gasteiger partial charge < -0.3 is 0 Å². The average Bonchev–Trinajstić information content (AvgIpc) is 3.22. The summed E-state index contributed by atoms with van der Waals surface area (Å²) in [5.74, 6) is 0. The third-order valence-electron chi connectivity index (χ3n) is 4.72. The summed E-state index contributed by atoms with van der Waals surface area (Å²) in [6.45, 7) is 11.2. The molecule has 32 heavy (non-hydrogen) atoms. The minimum Gasteiger partial charge on any atom is -0.222 e. The van der Waals surface area contributed by atoms with Crippen LogP contribution in [0.4, 0.5) is 5.69 Å². The van der Waals surface area contributed by atoms with Crippen LogP contribution in [0.2, 0.25) is 3.97 Å². The summed E-state index contributed by atoms with van der Waals surface area (Å²) in [5.41, 5.74) is 2.66. The summed E-state index contributed by atoms with van der Waals surface area (Å²) in [6.07, 6.45) is 9.47. The second-order valence-corrected chi connectivity index (χ2v) is 13.9. The minimum absolute atomic E-state index is 0.123. The smallest absolute Gasteiger partial charge is 0.112 e. The largest absolute Gasteiger partial charge is 0.222 e. The molecule has 0 saturated carbocycles. The van der Waals surface area contributed by atoms with Gasteiger partial charge in [-0.1, -0.05) is 0 Å². The molecule has 0 N–H and O–H groups in total. The van der Waals surface area contributed by atoms with Gasteiger partial charge in [0.1, 0.15) is 0 Å². The molecule has 2 aliphatic heterocycles. The van der Waals surface area contributed by atoms with Gasteiger partial charge in [0.15, 0.2) is 0 Å². The fourth-order valence-electron chi connectivity index (χ4n) is 3.43. The molecule has 2 aliphatic rings. The van der Waals surface area contributed by atoms with Crippen molar-refractivity contribution in [1.82, 2.24) is 0 Å². The Bertz CT molecular complexity index is 1060. The number of halogens is 1. The van der Waals surface area contributed by atoms with Gasteiger partial charge in [0.2, 0.25) is 0 Å². The van der Waals surface area contributed by atoms with Crippen LogP contribution in [0, 0.1) is 10.2 Å². The molecular formula is C22H25ClN2O4S2Te. The molecule has 0 bridgehead atoms. The average molecular weight is 609 g/mol. The van der Waals surface area contributed by atoms with Crippen molar-refractivity contribution in [1.29, 1.82) is 0 Å². The van der Waals surface area contributed by atoms with Crippen LogP contribution in [0.15, 0.2) is 51.9 Å². The first-order valence-electron chi connectivity index (χ1n) is 10.1. The van der Waals surface area contributed by atoms with Gasteiger partial charge >= 0.3 is 182 Å². The molecule has 0 radical (unpaired) electrons. The summed E-state index contributed by atoms with van der Waals surface area (Å²) >= 11 is 3.71. The Hall–Kier alpha value is -0.860. The maximum absolute atomic E-state index is 8.49. The number of fused-ring (bicyclic) bond motifs is 2. The van der Waals surface area contributed by atoms with Gasteiger partial charge in [-0.05, 0) is 0 Å². The van der Waals surface area contributed by atoms with Gasteiger partial charge in [0.05, 0.1) is 0 Å². The second kappa shape index (κ2) is 11.0. The molecule has 172 valence electrons. The summed E-state index contributed by atoms with van der Waals surface area (Å²) in [6, 6.07) is 8.70. The fourth-order valence-corrected chi connectivity index (χ4v) is 9.67. The molecule has 1 aromatic carbocycles. The maximum atomic E-state index is 8.49. The van der Waals surface area contributed by atoms with Crippen molar-refractivity contribution in [3.8, 4) is 0 Å². The van der Waals surface area contributed by atoms with Crippen molar-refractivity contribution in [2.24, 2.45) is 0 Å². The first-order valence-corrected chi connectivity index (χ1v) is 15.5. The van der Waals surface area contributed by atoms with Crippen LogP contribution in [0.3, 0.4) is 0 Å². The van der Waals surface area contributed by atoms with Gasteiger partial charge in [-0.3, -0.25) is 0 Å². The number of hydrogen-bond donors (Lipinski definition) is 0. The van der Waals surface area contributed by atoms with Gasteiger partial charge in [-0.2, -0.15) is 0 Å². The van der Waals surface area contributed by atoms with Crippen LogP contribution in [-0.4, -0.2) is 27.5 Å². The van der Waals surface area contributed by atoms with E-state index < -0.39 is 10.2 Å². The van der Waals surface area contributed by atoms with E-state index in [9.17, 15) is 0 Å². The van der Waals surface area contributed by atoms with Gasteiger partial charge in [0, 0.05) is 0 Å². The van der Waals surface area contributed by atoms with E-state index in [-0.39, 0.29) is 20.9 Å². The van der Waals surface area contributed by atoms with Crippen LogP contribution >= 0.6 is 23.1 Å². The molecule has 1 aromatic heterocycles. The molecule has 2 aromatic rings. The van der Waals surface area contributed by atoms with Crippen molar-refractivity contribution < 1.29 is 33.4 Å². The monoisotopic (exact) mass is 610 g/mol. The summed E-state index contributed by atoms with van der Waals surface area (Å²) < 4.78 is 38.9. The van der Waals surface area contributed by atoms with E-state index in [1.807, 2.05) is 23.1 Å². The SMILES string of the molecule is CCN1C(=CC(C)=Cc2sc3c([n+]2CC)[Te]C(C)C=C3)Sc2ccccc21.[O-][Cl+3]([O-])([O-])[O-]. The van der Waals surface area contributed by atoms with Crippen LogP contribution in [0.1, 0.15) is 37.6 Å². The summed E-state index contributed by atoms with van der Waals surface area (Å²) in [4.78, 5) is 5.27. The number of allylic oxidation sites excluding steroid dienone is 3. The van der Waals surface area contributed by atoms with Gasteiger partial charge in [-0.25, -0.2) is 18.6 Å². The van der Waals surface area contributed by atoms with E-state index >= 15 is 0 Å². The van der Waals surface area contributed by atoms with E-state index in [1.54, 1.807) is 3.74 Å². The molecule has 6 nitrogen and oxygen atoms in total. The first-order chi connectivity index (χ1) is 15.1. The third-order valence-corrected chi connectivity index (χ3v) is 10.7. The fraction of sp³-hybridized carbons (Fsp3) is 0.318. The second-order valence-electron chi connectivity index (χ2n) is 7.10. The van der Waals surface area contributed by atoms with Crippen molar-refractivity contribution >= 4 is 65.6 Å². The van der Waals surface area contributed by atoms with E-state index in [2.05, 4.69) is 85.7 Å². The summed E-state index contributed by atoms with van der Waals surface area (Å²) in [5, 5.41) is 2.73. The Morgan fingerprint density at radius 3 is 2.56 bits per heavy atom. The van der Waals surface area contributed by atoms with Gasteiger partial charge in [0.25, 0.3) is 0 Å². The molecular weight excluding hydrogens is 583 g/mol. The van der Waals surface area contributed by atoms with Crippen molar-refractivity contribution in [2.75, 3.05) is 11.4 Å². The number of aromatic nitrogens is 1. The zero-order valence-electron chi connectivity index (χ0n) is 18.2. The maximum Gasteiger partial charge on any atom is -0.112 e. The Morgan fingerprint density at radius 1 is 1.22 bits per heavy atom. The van der Waals surface area contributed by atoms with Crippen molar-refractivity contribution in [3.63, 3.8) is 0 Å². The van der Waals surface area contributed by atoms with E-state index in [0.717, 1.165) is 17.1 Å². The number of rotatable bonds is 4. The van der Waals surface area contributed by atoms with E-state index in [0.29, 0.717) is 0 Å². The van der Waals surface area contributed by atoms with E-state index in [1.165, 1.54) is 31.1 Å². The number of thiazole rings is 1. The number of benzene rings is 1. The van der Waals surface area contributed by atoms with E-state index in [4.69, 9.17) is 18.6 Å². The zero-order valence-corrected chi connectivity index (χ0v) is 23.0. The predicted octanol–water partition coefficient (Wildman–Crippen LogP) is 0.341. The standard InChI is InChI=1S/C22H25N2S2Te.ClHO4/c1-5-23-17-9-7-8-10-18(17)25-20(23)13-15(3)14-21-24(6-2)22-19(26-21)12-11-16(4)27-22;2-1(3,4)5/h7-14,16H,5-6H2,1-4H3;(H,2,3,4,5)/q+1;/p-1. The molecule has 0 fully saturated rings. The normalized spacial score (nSPS) is 19.0. The Kier molecular flexibility index (Phi) is 8.89. The molecule has 4 rings (SSSR count). The number of para-hydroxylation sites is 1. The van der Waals surface area contributed by atoms with Crippen LogP contribution in [-0.2, 0) is 6.54 Å². The van der Waals surface area contributed by atoms with Crippen LogP contribution < -0.4 is 31.8 Å². The molecule has 0 spiro atoms. The molecule has 1 atom stereocenters. The Balaban J connectivity index is 0.000000523. The topological polar surface area (TPSA) is 99.4 Å². The quantitative estimate of drug-likeness (QED) is 0.367. The molecule has 0 saturated heterocycles. The number of thioether (sulfide) groups is 1. The number of hydrogen-bond acceptors (Lipinski definition) is 7. The molecule has 1 unspecified atom stereocenters. The number of nitrogens with zero attached hydrogens (tertiary/aromatic N) is 2. The minimum atomic E-state index is -4.94. The third kappa shape index (κ3) is 6.60. The van der Waals surface area contributed by atoms with Crippen molar-refractivity contribution in [3.05, 3.63) is 56.9 Å². The Labute approximate surface area is 209 Å². The molecule has 0 amide bonds. The number of anilines is 1. The predicted molar refractivity (Wildman–Crippen MR) is 121 cm³/mol. The Morgan fingerprint density at radius 2 is 1.91 bits per heavy atom. The summed E-state index contributed by atoms with van der Waals surface area (Å²) in [7, 11) is -4.94. The molecule has 3 heterocycles. The van der Waals surface area contributed by atoms with Crippen molar-refractivity contribution in [2.45, 2.75) is 43.1 Å². The van der Waals surface area contributed by atoms with Gasteiger partial charge in [-0.15, -0.1) is 10.2 Å².